The fourth-order valence-electron chi connectivity index (χ4n) is 3.28. The largest absolute Gasteiger partial charge is 0.471 e. The molecule has 0 spiro atoms. The van der Waals surface area contributed by atoms with E-state index in [4.69, 9.17) is 10.5 Å². The first-order valence-corrected chi connectivity index (χ1v) is 10.9. The number of carbonyl (C=O) groups excluding carboxylic acids is 2. The summed E-state index contributed by atoms with van der Waals surface area (Å²) in [5.74, 6) is -1.80. The lowest BCUT2D eigenvalue weighted by molar-refractivity contribution is -0.186. The number of benzene rings is 2. The summed E-state index contributed by atoms with van der Waals surface area (Å²) in [5.41, 5.74) is 7.43. The van der Waals surface area contributed by atoms with E-state index in [-0.39, 0.29) is 13.1 Å². The Morgan fingerprint density at radius 1 is 0.879 bits per heavy atom. The third-order valence-electron chi connectivity index (χ3n) is 4.97. The van der Waals surface area contributed by atoms with Gasteiger partial charge in [-0.2, -0.15) is 13.2 Å². The molecule has 0 saturated heterocycles. The van der Waals surface area contributed by atoms with Gasteiger partial charge in [0.1, 0.15) is 0 Å². The number of nitrogens with one attached hydrogen (secondary N) is 1. The van der Waals surface area contributed by atoms with Gasteiger partial charge in [-0.25, -0.2) is 4.79 Å². The van der Waals surface area contributed by atoms with Gasteiger partial charge in [0.15, 0.2) is 0 Å². The number of rotatable bonds is 13. The number of nitrogens with zero attached hydrogens (tertiary/aromatic N) is 1. The third-order valence-corrected chi connectivity index (χ3v) is 4.97. The molecule has 0 fully saturated rings. The molecule has 3 N–H and O–H groups in total. The number of amides is 3. The van der Waals surface area contributed by atoms with Crippen molar-refractivity contribution in [3.05, 3.63) is 65.7 Å². The second-order valence-electron chi connectivity index (χ2n) is 7.67. The minimum absolute atomic E-state index is 0.0537. The van der Waals surface area contributed by atoms with E-state index in [2.05, 4.69) is 5.32 Å². The summed E-state index contributed by atoms with van der Waals surface area (Å²) in [6.45, 7) is 1.13. The zero-order valence-electron chi connectivity index (χ0n) is 18.4. The summed E-state index contributed by atoms with van der Waals surface area (Å²) in [6.07, 6.45) is -1.32. The molecule has 2 aromatic rings. The van der Waals surface area contributed by atoms with Crippen molar-refractivity contribution in [2.75, 3.05) is 25.1 Å². The second kappa shape index (κ2) is 13.5. The van der Waals surface area contributed by atoms with Crippen LogP contribution in [0.4, 0.5) is 23.7 Å². The molecule has 0 heterocycles. The molecule has 0 aromatic heterocycles. The highest BCUT2D eigenvalue weighted by Crippen LogP contribution is 2.21. The maximum absolute atomic E-state index is 12.9. The number of hydrogen-bond donors (Lipinski definition) is 2. The Balaban J connectivity index is 1.61. The van der Waals surface area contributed by atoms with Crippen LogP contribution in [-0.4, -0.2) is 42.8 Å². The van der Waals surface area contributed by atoms with Crippen LogP contribution in [0.1, 0.15) is 36.8 Å². The van der Waals surface area contributed by atoms with E-state index in [1.807, 2.05) is 12.1 Å². The van der Waals surface area contributed by atoms with E-state index in [9.17, 15) is 22.8 Å². The fourth-order valence-corrected chi connectivity index (χ4v) is 3.28. The number of primary amides is 1. The molecule has 0 aliphatic rings. The van der Waals surface area contributed by atoms with Gasteiger partial charge < -0.3 is 20.7 Å². The molecule has 6 nitrogen and oxygen atoms in total. The van der Waals surface area contributed by atoms with Crippen LogP contribution in [0.2, 0.25) is 0 Å². The lowest BCUT2D eigenvalue weighted by atomic mass is 10.1. The average Bonchev–Trinajstić information content (AvgIpc) is 2.77. The molecule has 0 aliphatic heterocycles. The number of unbranched alkanes of at least 4 members (excludes halogenated alkanes) is 3. The third kappa shape index (κ3) is 10.4. The van der Waals surface area contributed by atoms with E-state index in [1.54, 1.807) is 42.5 Å². The smallest absolute Gasteiger partial charge is 0.381 e. The number of anilines is 1. The van der Waals surface area contributed by atoms with Crippen LogP contribution >= 0.6 is 0 Å². The lowest BCUT2D eigenvalue weighted by Crippen LogP contribution is -2.41. The molecule has 2 rings (SSSR count). The quantitative estimate of drug-likeness (QED) is 0.413. The van der Waals surface area contributed by atoms with Crippen LogP contribution in [0.15, 0.2) is 54.6 Å². The molecule has 9 heteroatoms. The first-order chi connectivity index (χ1) is 15.8. The molecule has 0 radical (unpaired) electrons. The maximum Gasteiger partial charge on any atom is 0.471 e. The molecule has 0 atom stereocenters. The summed E-state index contributed by atoms with van der Waals surface area (Å²) < 4.78 is 44.4. The Labute approximate surface area is 191 Å². The second-order valence-corrected chi connectivity index (χ2v) is 7.67. The molecule has 180 valence electrons. The minimum Gasteiger partial charge on any atom is -0.381 e. The van der Waals surface area contributed by atoms with Crippen molar-refractivity contribution in [3.63, 3.8) is 0 Å². The normalized spacial score (nSPS) is 11.2. The monoisotopic (exact) mass is 465 g/mol. The van der Waals surface area contributed by atoms with Crippen molar-refractivity contribution in [1.82, 2.24) is 4.90 Å². The Hall–Kier alpha value is -3.07. The number of ether oxygens (including phenoxy) is 1. The Kier molecular flexibility index (Phi) is 10.7. The van der Waals surface area contributed by atoms with Crippen molar-refractivity contribution in [2.45, 2.75) is 44.8 Å². The number of urea groups is 1. The highest BCUT2D eigenvalue weighted by molar-refractivity contribution is 5.87. The predicted molar refractivity (Wildman–Crippen MR) is 121 cm³/mol. The van der Waals surface area contributed by atoms with Gasteiger partial charge in [0, 0.05) is 25.4 Å². The van der Waals surface area contributed by atoms with Gasteiger partial charge in [0.05, 0.1) is 6.61 Å². The van der Waals surface area contributed by atoms with E-state index in [1.165, 1.54) is 0 Å². The summed E-state index contributed by atoms with van der Waals surface area (Å²) >= 11 is 0. The van der Waals surface area contributed by atoms with Crippen LogP contribution < -0.4 is 11.1 Å². The summed E-state index contributed by atoms with van der Waals surface area (Å²) in [5, 5.41) is 2.50. The standard InChI is InChI=1S/C24H30F3N3O3/c25-24(26,27)22(31)30(18-20-8-4-3-5-9-20)15-6-1-2-7-16-33-17-14-19-10-12-21(13-11-19)29-23(28)32/h3-5,8-13H,1-2,6-7,14-18H2,(H3,28,29,32). The Morgan fingerprint density at radius 2 is 1.55 bits per heavy atom. The molecular weight excluding hydrogens is 435 g/mol. The molecule has 0 saturated carbocycles. The van der Waals surface area contributed by atoms with Crippen molar-refractivity contribution in [1.29, 1.82) is 0 Å². The van der Waals surface area contributed by atoms with Gasteiger partial charge in [0.2, 0.25) is 0 Å². The molecule has 0 unspecified atom stereocenters. The van der Waals surface area contributed by atoms with Crippen molar-refractivity contribution in [2.24, 2.45) is 5.73 Å². The van der Waals surface area contributed by atoms with E-state index < -0.39 is 18.1 Å². The number of alkyl halides is 3. The van der Waals surface area contributed by atoms with Gasteiger partial charge in [-0.15, -0.1) is 0 Å². The first-order valence-electron chi connectivity index (χ1n) is 10.9. The molecular formula is C24H30F3N3O3. The van der Waals surface area contributed by atoms with Crippen LogP contribution in [0, 0.1) is 0 Å². The van der Waals surface area contributed by atoms with Crippen molar-refractivity contribution in [3.8, 4) is 0 Å². The summed E-state index contributed by atoms with van der Waals surface area (Å²) in [6, 6.07) is 15.4. The van der Waals surface area contributed by atoms with Gasteiger partial charge in [-0.1, -0.05) is 55.3 Å². The number of halogens is 3. The Bertz CT molecular complexity index is 859. The van der Waals surface area contributed by atoms with Gasteiger partial charge in [-0.05, 0) is 42.5 Å². The number of carbonyl (C=O) groups is 2. The van der Waals surface area contributed by atoms with E-state index >= 15 is 0 Å². The van der Waals surface area contributed by atoms with Crippen LogP contribution in [0.3, 0.4) is 0 Å². The molecule has 33 heavy (non-hydrogen) atoms. The average molecular weight is 466 g/mol. The summed E-state index contributed by atoms with van der Waals surface area (Å²) in [4.78, 5) is 23.4. The maximum atomic E-state index is 12.9. The zero-order valence-corrected chi connectivity index (χ0v) is 18.4. The van der Waals surface area contributed by atoms with Crippen LogP contribution in [0.5, 0.6) is 0 Å². The number of nitrogens with two attached hydrogens (primary N) is 1. The van der Waals surface area contributed by atoms with Crippen molar-refractivity contribution >= 4 is 17.6 Å². The van der Waals surface area contributed by atoms with E-state index in [0.717, 1.165) is 29.7 Å². The highest BCUT2D eigenvalue weighted by Gasteiger charge is 2.42. The fraction of sp³-hybridized carbons (Fsp3) is 0.417. The SMILES string of the molecule is NC(=O)Nc1ccc(CCOCCCCCCN(Cc2ccccc2)C(=O)C(F)(F)F)cc1. The van der Waals surface area contributed by atoms with Crippen molar-refractivity contribution < 1.29 is 27.5 Å². The Morgan fingerprint density at radius 3 is 2.18 bits per heavy atom. The van der Waals surface area contributed by atoms with Gasteiger partial charge in [0.25, 0.3) is 0 Å². The van der Waals surface area contributed by atoms with Crippen LogP contribution in [-0.2, 0) is 22.5 Å². The topological polar surface area (TPSA) is 84.7 Å². The van der Waals surface area contributed by atoms with E-state index in [0.29, 0.717) is 37.3 Å². The summed E-state index contributed by atoms with van der Waals surface area (Å²) in [7, 11) is 0. The van der Waals surface area contributed by atoms with Gasteiger partial charge >= 0.3 is 18.1 Å². The van der Waals surface area contributed by atoms with Gasteiger partial charge in [-0.3, -0.25) is 4.79 Å². The zero-order chi connectivity index (χ0) is 24.1. The number of hydrogen-bond acceptors (Lipinski definition) is 3. The molecule has 0 bridgehead atoms. The molecule has 0 aliphatic carbocycles. The first kappa shape index (κ1) is 26.2. The lowest BCUT2D eigenvalue weighted by Gasteiger charge is -2.24. The molecule has 2 aromatic carbocycles. The molecule has 3 amide bonds. The van der Waals surface area contributed by atoms with Crippen LogP contribution in [0.25, 0.3) is 0 Å². The minimum atomic E-state index is -4.87. The highest BCUT2D eigenvalue weighted by atomic mass is 19.4. The predicted octanol–water partition coefficient (Wildman–Crippen LogP) is 4.89.